The molecule has 2 fully saturated rings. The zero-order valence-electron chi connectivity index (χ0n) is 15.2. The standard InChI is InChI=1S/C18H28N4O3/c1-13-12-16(21(2)20-13)18(24)22-9-5-10-25-11-8-19-17(23)14-6-3-4-7-15(14)22/h12,14-15H,3-11H2,1-2H3,(H,19,23)/t14-,15+/m1/s1. The van der Waals surface area contributed by atoms with E-state index in [1.807, 2.05) is 17.9 Å². The molecule has 1 aromatic heterocycles. The van der Waals surface area contributed by atoms with E-state index in [0.717, 1.165) is 37.8 Å². The molecule has 0 bridgehead atoms. The third-order valence-corrected chi connectivity index (χ3v) is 5.18. The van der Waals surface area contributed by atoms with Gasteiger partial charge < -0.3 is 15.0 Å². The van der Waals surface area contributed by atoms with Crippen LogP contribution in [0.1, 0.15) is 48.3 Å². The minimum atomic E-state index is -0.134. The molecule has 1 aliphatic heterocycles. The molecule has 3 rings (SSSR count). The molecule has 1 saturated carbocycles. The van der Waals surface area contributed by atoms with Crippen molar-refractivity contribution in [3.63, 3.8) is 0 Å². The van der Waals surface area contributed by atoms with Crippen LogP contribution in [0.2, 0.25) is 0 Å². The van der Waals surface area contributed by atoms with Crippen molar-refractivity contribution in [2.75, 3.05) is 26.3 Å². The van der Waals surface area contributed by atoms with Crippen LogP contribution in [-0.4, -0.2) is 58.8 Å². The van der Waals surface area contributed by atoms with Gasteiger partial charge in [0.15, 0.2) is 0 Å². The van der Waals surface area contributed by atoms with Crippen LogP contribution in [0.3, 0.4) is 0 Å². The maximum Gasteiger partial charge on any atom is 0.272 e. The lowest BCUT2D eigenvalue weighted by atomic mass is 9.82. The number of hydrogen-bond acceptors (Lipinski definition) is 4. The maximum atomic E-state index is 13.2. The Bertz CT molecular complexity index is 628. The van der Waals surface area contributed by atoms with Crippen LogP contribution < -0.4 is 5.32 Å². The van der Waals surface area contributed by atoms with Gasteiger partial charge in [-0.1, -0.05) is 12.8 Å². The highest BCUT2D eigenvalue weighted by Crippen LogP contribution is 2.30. The second-order valence-corrected chi connectivity index (χ2v) is 7.01. The van der Waals surface area contributed by atoms with Crippen LogP contribution in [0, 0.1) is 12.8 Å². The second kappa shape index (κ2) is 7.99. The number of ether oxygens (including phenoxy) is 1. The third kappa shape index (κ3) is 4.03. The second-order valence-electron chi connectivity index (χ2n) is 7.01. The smallest absolute Gasteiger partial charge is 0.272 e. The number of fused-ring (bicyclic) bond motifs is 1. The van der Waals surface area contributed by atoms with Gasteiger partial charge >= 0.3 is 0 Å². The predicted molar refractivity (Wildman–Crippen MR) is 93.2 cm³/mol. The minimum Gasteiger partial charge on any atom is -0.380 e. The van der Waals surface area contributed by atoms with Gasteiger partial charge in [0.25, 0.3) is 5.91 Å². The number of nitrogens with one attached hydrogen (secondary N) is 1. The van der Waals surface area contributed by atoms with Gasteiger partial charge in [0.1, 0.15) is 5.69 Å². The number of aryl methyl sites for hydroxylation is 2. The Morgan fingerprint density at radius 3 is 2.84 bits per heavy atom. The zero-order valence-corrected chi connectivity index (χ0v) is 15.2. The monoisotopic (exact) mass is 348 g/mol. The van der Waals surface area contributed by atoms with Gasteiger partial charge in [-0.3, -0.25) is 14.3 Å². The summed E-state index contributed by atoms with van der Waals surface area (Å²) in [5.74, 6) is -0.119. The largest absolute Gasteiger partial charge is 0.380 e. The highest BCUT2D eigenvalue weighted by molar-refractivity contribution is 5.93. The summed E-state index contributed by atoms with van der Waals surface area (Å²) in [4.78, 5) is 27.8. The molecule has 2 heterocycles. The summed E-state index contributed by atoms with van der Waals surface area (Å²) in [5, 5.41) is 7.28. The fraction of sp³-hybridized carbons (Fsp3) is 0.722. The first-order valence-corrected chi connectivity index (χ1v) is 9.25. The highest BCUT2D eigenvalue weighted by Gasteiger charge is 2.37. The lowest BCUT2D eigenvalue weighted by Crippen LogP contribution is -2.51. The average Bonchev–Trinajstić information content (AvgIpc) is 2.93. The number of nitrogens with zero attached hydrogens (tertiary/aromatic N) is 3. The fourth-order valence-electron chi connectivity index (χ4n) is 3.98. The molecule has 0 spiro atoms. The molecule has 0 unspecified atom stereocenters. The number of rotatable bonds is 1. The minimum absolute atomic E-state index is 0.0351. The summed E-state index contributed by atoms with van der Waals surface area (Å²) in [6.07, 6.45) is 4.59. The van der Waals surface area contributed by atoms with Crippen molar-refractivity contribution in [1.29, 1.82) is 0 Å². The molecular formula is C18H28N4O3. The summed E-state index contributed by atoms with van der Waals surface area (Å²) in [6, 6.07) is 1.77. The van der Waals surface area contributed by atoms with Crippen molar-refractivity contribution in [1.82, 2.24) is 20.0 Å². The number of amides is 2. The Morgan fingerprint density at radius 2 is 2.08 bits per heavy atom. The molecule has 1 aliphatic carbocycles. The van der Waals surface area contributed by atoms with Gasteiger partial charge in [-0.25, -0.2) is 0 Å². The molecule has 1 aromatic rings. The lowest BCUT2D eigenvalue weighted by molar-refractivity contribution is -0.128. The number of carbonyl (C=O) groups excluding carboxylic acids is 2. The van der Waals surface area contributed by atoms with Gasteiger partial charge in [-0.15, -0.1) is 0 Å². The zero-order chi connectivity index (χ0) is 17.8. The van der Waals surface area contributed by atoms with E-state index >= 15 is 0 Å². The number of aromatic nitrogens is 2. The fourth-order valence-corrected chi connectivity index (χ4v) is 3.98. The molecule has 138 valence electrons. The van der Waals surface area contributed by atoms with E-state index in [9.17, 15) is 9.59 Å². The molecule has 2 aliphatic rings. The van der Waals surface area contributed by atoms with E-state index in [2.05, 4.69) is 10.4 Å². The van der Waals surface area contributed by atoms with Crippen molar-refractivity contribution in [3.8, 4) is 0 Å². The summed E-state index contributed by atoms with van der Waals surface area (Å²) in [6.45, 7) is 4.15. The van der Waals surface area contributed by atoms with Crippen molar-refractivity contribution < 1.29 is 14.3 Å². The van der Waals surface area contributed by atoms with Crippen LogP contribution in [0.4, 0.5) is 0 Å². The Hall–Kier alpha value is -1.89. The summed E-state index contributed by atoms with van der Waals surface area (Å²) in [7, 11) is 1.79. The third-order valence-electron chi connectivity index (χ3n) is 5.18. The van der Waals surface area contributed by atoms with Crippen LogP contribution in [0.5, 0.6) is 0 Å². The Morgan fingerprint density at radius 1 is 1.28 bits per heavy atom. The van der Waals surface area contributed by atoms with Crippen molar-refractivity contribution >= 4 is 11.8 Å². The molecule has 1 N–H and O–H groups in total. The predicted octanol–water partition coefficient (Wildman–Crippen LogP) is 1.27. The highest BCUT2D eigenvalue weighted by atomic mass is 16.5. The van der Waals surface area contributed by atoms with Gasteiger partial charge in [-0.05, 0) is 32.3 Å². The van der Waals surface area contributed by atoms with E-state index in [0.29, 0.717) is 32.0 Å². The van der Waals surface area contributed by atoms with Crippen LogP contribution >= 0.6 is 0 Å². The van der Waals surface area contributed by atoms with Gasteiger partial charge in [0, 0.05) is 32.8 Å². The van der Waals surface area contributed by atoms with E-state index in [1.54, 1.807) is 11.7 Å². The topological polar surface area (TPSA) is 76.5 Å². The molecule has 0 aromatic carbocycles. The molecule has 7 nitrogen and oxygen atoms in total. The molecule has 2 amide bonds. The van der Waals surface area contributed by atoms with E-state index in [4.69, 9.17) is 4.74 Å². The first-order valence-electron chi connectivity index (χ1n) is 9.25. The SMILES string of the molecule is Cc1cc(C(=O)N2CCCOCCNC(=O)[C@@H]3CCCC[C@@H]32)n(C)n1. The van der Waals surface area contributed by atoms with Crippen molar-refractivity contribution in [3.05, 3.63) is 17.5 Å². The Balaban J connectivity index is 1.89. The average molecular weight is 348 g/mol. The molecule has 2 atom stereocenters. The lowest BCUT2D eigenvalue weighted by Gasteiger charge is -2.39. The quantitative estimate of drug-likeness (QED) is 0.829. The van der Waals surface area contributed by atoms with Gasteiger partial charge in [-0.2, -0.15) is 5.10 Å². The van der Waals surface area contributed by atoms with Gasteiger partial charge in [0.2, 0.25) is 5.91 Å². The van der Waals surface area contributed by atoms with Crippen molar-refractivity contribution in [2.24, 2.45) is 13.0 Å². The summed E-state index contributed by atoms with van der Waals surface area (Å²) in [5.41, 5.74) is 1.41. The molecule has 0 radical (unpaired) electrons. The maximum absolute atomic E-state index is 13.2. The molecule has 1 saturated heterocycles. The van der Waals surface area contributed by atoms with Crippen LogP contribution in [0.15, 0.2) is 6.07 Å². The molecule has 25 heavy (non-hydrogen) atoms. The first kappa shape index (κ1) is 17.9. The van der Waals surface area contributed by atoms with Crippen LogP contribution in [-0.2, 0) is 16.6 Å². The summed E-state index contributed by atoms with van der Waals surface area (Å²) < 4.78 is 7.19. The van der Waals surface area contributed by atoms with Crippen LogP contribution in [0.25, 0.3) is 0 Å². The Labute approximate surface area is 148 Å². The number of hydrogen-bond donors (Lipinski definition) is 1. The van der Waals surface area contributed by atoms with E-state index in [-0.39, 0.29) is 23.8 Å². The number of carbonyl (C=O) groups is 2. The van der Waals surface area contributed by atoms with E-state index in [1.165, 1.54) is 0 Å². The van der Waals surface area contributed by atoms with E-state index < -0.39 is 0 Å². The Kier molecular flexibility index (Phi) is 5.73. The van der Waals surface area contributed by atoms with Gasteiger partial charge in [0.05, 0.1) is 18.2 Å². The first-order chi connectivity index (χ1) is 12.1. The normalized spacial score (nSPS) is 25.7. The molecule has 7 heteroatoms. The summed E-state index contributed by atoms with van der Waals surface area (Å²) >= 11 is 0. The van der Waals surface area contributed by atoms with Crippen molar-refractivity contribution in [2.45, 2.75) is 45.1 Å². The molecular weight excluding hydrogens is 320 g/mol.